The summed E-state index contributed by atoms with van der Waals surface area (Å²) in [5, 5.41) is 8.58. The Morgan fingerprint density at radius 2 is 1.74 bits per heavy atom. The van der Waals surface area contributed by atoms with E-state index in [0.717, 1.165) is 12.8 Å². The molecule has 0 aliphatic heterocycles. The van der Waals surface area contributed by atoms with Crippen LogP contribution in [0.25, 0.3) is 28.3 Å². The molecule has 8 nitrogen and oxygen atoms in total. The monoisotopic (exact) mass is 418 g/mol. The normalized spacial score (nSPS) is 11.5. The highest BCUT2D eigenvalue weighted by atomic mass is 19.1. The first kappa shape index (κ1) is 19.0. The quantitative estimate of drug-likeness (QED) is 0.475. The van der Waals surface area contributed by atoms with E-state index in [4.69, 9.17) is 0 Å². The van der Waals surface area contributed by atoms with Gasteiger partial charge in [-0.05, 0) is 42.7 Å². The van der Waals surface area contributed by atoms with Crippen LogP contribution in [0, 0.1) is 5.82 Å². The zero-order valence-corrected chi connectivity index (χ0v) is 16.7. The van der Waals surface area contributed by atoms with E-state index in [1.54, 1.807) is 28.1 Å². The maximum atomic E-state index is 13.4. The Hall–Kier alpha value is -4.01. The van der Waals surface area contributed by atoms with Crippen molar-refractivity contribution >= 4 is 16.9 Å². The van der Waals surface area contributed by atoms with Gasteiger partial charge < -0.3 is 4.57 Å². The predicted octanol–water partition coefficient (Wildman–Crippen LogP) is 2.51. The first-order chi connectivity index (χ1) is 15.0. The number of aryl methyl sites for hydroxylation is 3. The van der Waals surface area contributed by atoms with E-state index in [1.165, 1.54) is 22.3 Å². The number of H-pyrrole nitrogens is 1. The van der Waals surface area contributed by atoms with Gasteiger partial charge in [-0.2, -0.15) is 0 Å². The van der Waals surface area contributed by atoms with Gasteiger partial charge in [0, 0.05) is 19.2 Å². The highest BCUT2D eigenvalue weighted by molar-refractivity contribution is 5.79. The van der Waals surface area contributed by atoms with Crippen LogP contribution in [0.2, 0.25) is 0 Å². The smallest absolute Gasteiger partial charge is 0.302 e. The molecule has 0 saturated carbocycles. The average molecular weight is 418 g/mol. The fourth-order valence-electron chi connectivity index (χ4n) is 3.93. The van der Waals surface area contributed by atoms with Crippen molar-refractivity contribution in [3.05, 3.63) is 86.8 Å². The second kappa shape index (κ2) is 7.35. The van der Waals surface area contributed by atoms with Crippen molar-refractivity contribution in [3.63, 3.8) is 0 Å². The second-order valence-corrected chi connectivity index (χ2v) is 7.40. The molecule has 31 heavy (non-hydrogen) atoms. The van der Waals surface area contributed by atoms with Gasteiger partial charge in [-0.25, -0.2) is 13.6 Å². The van der Waals surface area contributed by atoms with Crippen LogP contribution in [0.4, 0.5) is 4.39 Å². The maximum Gasteiger partial charge on any atom is 0.329 e. The molecule has 2 aromatic carbocycles. The number of nitrogens with one attached hydrogen (secondary N) is 1. The molecule has 0 amide bonds. The SMILES string of the molecule is Cn1c(=O)[nH]c(=O)c2c1n1c(-c3ccc(F)cc3)nnc1n2CCCc1ccccc1. The molecular formula is C22H19FN6O2. The molecule has 156 valence electrons. The van der Waals surface area contributed by atoms with Crippen molar-refractivity contribution in [2.45, 2.75) is 19.4 Å². The summed E-state index contributed by atoms with van der Waals surface area (Å²) in [6.45, 7) is 0.519. The third-order valence-electron chi connectivity index (χ3n) is 5.43. The molecule has 0 fully saturated rings. The van der Waals surface area contributed by atoms with E-state index in [0.29, 0.717) is 34.9 Å². The topological polar surface area (TPSA) is 90.0 Å². The van der Waals surface area contributed by atoms with Crippen LogP contribution in [0.3, 0.4) is 0 Å². The van der Waals surface area contributed by atoms with Crippen LogP contribution in [-0.4, -0.2) is 28.7 Å². The number of hydrogen-bond acceptors (Lipinski definition) is 4. The van der Waals surface area contributed by atoms with E-state index in [-0.39, 0.29) is 5.82 Å². The molecule has 0 spiro atoms. The van der Waals surface area contributed by atoms with Gasteiger partial charge in [0.25, 0.3) is 5.56 Å². The van der Waals surface area contributed by atoms with E-state index in [9.17, 15) is 14.0 Å². The van der Waals surface area contributed by atoms with E-state index >= 15 is 0 Å². The Morgan fingerprint density at radius 3 is 2.48 bits per heavy atom. The summed E-state index contributed by atoms with van der Waals surface area (Å²) in [5.41, 5.74) is 1.57. The molecule has 0 aliphatic carbocycles. The molecule has 0 aliphatic rings. The van der Waals surface area contributed by atoms with Crippen molar-refractivity contribution in [1.29, 1.82) is 0 Å². The Kier molecular flexibility index (Phi) is 4.50. The van der Waals surface area contributed by atoms with Gasteiger partial charge in [-0.15, -0.1) is 10.2 Å². The molecule has 0 saturated heterocycles. The summed E-state index contributed by atoms with van der Waals surface area (Å²) < 4.78 is 18.3. The number of aromatic nitrogens is 6. The Labute approximate surface area is 175 Å². The number of hydrogen-bond donors (Lipinski definition) is 1. The fourth-order valence-corrected chi connectivity index (χ4v) is 3.93. The maximum absolute atomic E-state index is 13.4. The lowest BCUT2D eigenvalue weighted by Crippen LogP contribution is -2.29. The van der Waals surface area contributed by atoms with Crippen LogP contribution in [-0.2, 0) is 20.0 Å². The minimum absolute atomic E-state index is 0.350. The van der Waals surface area contributed by atoms with Crippen LogP contribution >= 0.6 is 0 Å². The average Bonchev–Trinajstić information content (AvgIpc) is 3.33. The van der Waals surface area contributed by atoms with Gasteiger partial charge in [0.05, 0.1) is 0 Å². The lowest BCUT2D eigenvalue weighted by Gasteiger charge is -2.05. The minimum Gasteiger partial charge on any atom is -0.302 e. The lowest BCUT2D eigenvalue weighted by molar-refractivity contribution is 0.628. The van der Waals surface area contributed by atoms with Gasteiger partial charge in [-0.1, -0.05) is 30.3 Å². The molecule has 0 radical (unpaired) electrons. The fraction of sp³-hybridized carbons (Fsp3) is 0.182. The minimum atomic E-state index is -0.528. The molecule has 3 aromatic heterocycles. The number of fused-ring (bicyclic) bond motifs is 3. The Balaban J connectivity index is 1.69. The largest absolute Gasteiger partial charge is 0.329 e. The van der Waals surface area contributed by atoms with Crippen molar-refractivity contribution in [2.75, 3.05) is 0 Å². The third-order valence-corrected chi connectivity index (χ3v) is 5.43. The molecule has 0 atom stereocenters. The summed E-state index contributed by atoms with van der Waals surface area (Å²) in [5.74, 6) is 0.521. The molecule has 0 bridgehead atoms. The Bertz CT molecular complexity index is 1510. The zero-order chi connectivity index (χ0) is 21.5. The van der Waals surface area contributed by atoms with Crippen molar-refractivity contribution in [3.8, 4) is 11.4 Å². The number of rotatable bonds is 5. The van der Waals surface area contributed by atoms with Gasteiger partial charge in [-0.3, -0.25) is 14.3 Å². The zero-order valence-electron chi connectivity index (χ0n) is 16.7. The van der Waals surface area contributed by atoms with Gasteiger partial charge >= 0.3 is 5.69 Å². The molecule has 3 heterocycles. The number of imidazole rings is 1. The van der Waals surface area contributed by atoms with Crippen molar-refractivity contribution in [2.24, 2.45) is 7.05 Å². The summed E-state index contributed by atoms with van der Waals surface area (Å²) in [6.07, 6.45) is 1.60. The van der Waals surface area contributed by atoms with Gasteiger partial charge in [0.1, 0.15) is 5.82 Å². The molecule has 1 N–H and O–H groups in total. The van der Waals surface area contributed by atoms with Crippen LogP contribution in [0.5, 0.6) is 0 Å². The van der Waals surface area contributed by atoms with E-state index in [1.807, 2.05) is 18.2 Å². The summed E-state index contributed by atoms with van der Waals surface area (Å²) in [4.78, 5) is 27.4. The van der Waals surface area contributed by atoms with Crippen LogP contribution in [0.15, 0.2) is 64.2 Å². The number of benzene rings is 2. The van der Waals surface area contributed by atoms with Gasteiger partial charge in [0.15, 0.2) is 17.0 Å². The Morgan fingerprint density at radius 1 is 1.00 bits per heavy atom. The predicted molar refractivity (Wildman–Crippen MR) is 115 cm³/mol. The van der Waals surface area contributed by atoms with Gasteiger partial charge in [0.2, 0.25) is 5.78 Å². The molecule has 0 unspecified atom stereocenters. The van der Waals surface area contributed by atoms with Crippen LogP contribution < -0.4 is 11.2 Å². The highest BCUT2D eigenvalue weighted by Gasteiger charge is 2.22. The number of halogens is 1. The summed E-state index contributed by atoms with van der Waals surface area (Å²) in [7, 11) is 1.59. The molecule has 9 heteroatoms. The summed E-state index contributed by atoms with van der Waals surface area (Å²) in [6, 6.07) is 15.9. The first-order valence-corrected chi connectivity index (χ1v) is 9.91. The third kappa shape index (κ3) is 3.14. The number of aromatic amines is 1. The molecule has 5 aromatic rings. The van der Waals surface area contributed by atoms with E-state index < -0.39 is 11.2 Å². The number of nitrogens with zero attached hydrogens (tertiary/aromatic N) is 5. The van der Waals surface area contributed by atoms with Crippen molar-refractivity contribution < 1.29 is 4.39 Å². The standard InChI is InChI=1S/C22H19FN6O2/c1-27-20-17(19(30)24-22(27)31)28(13-5-8-14-6-3-2-4-7-14)21-26-25-18(29(20)21)15-9-11-16(23)12-10-15/h2-4,6-7,9-12H,5,8,13H2,1H3,(H,24,30,31). The van der Waals surface area contributed by atoms with Crippen molar-refractivity contribution in [1.82, 2.24) is 28.7 Å². The second-order valence-electron chi connectivity index (χ2n) is 7.40. The molecule has 5 rings (SSSR count). The van der Waals surface area contributed by atoms with Crippen LogP contribution in [0.1, 0.15) is 12.0 Å². The summed E-state index contributed by atoms with van der Waals surface area (Å²) >= 11 is 0. The highest BCUT2D eigenvalue weighted by Crippen LogP contribution is 2.24. The first-order valence-electron chi connectivity index (χ1n) is 9.91. The molecular weight excluding hydrogens is 399 g/mol. The lowest BCUT2D eigenvalue weighted by atomic mass is 10.1. The van der Waals surface area contributed by atoms with E-state index in [2.05, 4.69) is 27.3 Å².